The Morgan fingerprint density at radius 1 is 0.857 bits per heavy atom. The van der Waals surface area contributed by atoms with Crippen molar-refractivity contribution in [3.8, 4) is 17.0 Å². The van der Waals surface area contributed by atoms with Crippen molar-refractivity contribution in [2.75, 3.05) is 56.2 Å². The van der Waals surface area contributed by atoms with E-state index >= 15 is 0 Å². The van der Waals surface area contributed by atoms with E-state index in [0.29, 0.717) is 5.91 Å². The highest BCUT2D eigenvalue weighted by Crippen LogP contribution is 2.26. The van der Waals surface area contributed by atoms with E-state index in [1.54, 1.807) is 7.11 Å². The van der Waals surface area contributed by atoms with E-state index in [-0.39, 0.29) is 5.92 Å². The van der Waals surface area contributed by atoms with E-state index in [1.807, 2.05) is 36.4 Å². The van der Waals surface area contributed by atoms with Crippen LogP contribution >= 0.6 is 0 Å². The molecule has 0 N–H and O–H groups in total. The minimum Gasteiger partial charge on any atom is -0.497 e. The fourth-order valence-corrected chi connectivity index (χ4v) is 5.03. The maximum atomic E-state index is 13.2. The van der Waals surface area contributed by atoms with Gasteiger partial charge in [0.1, 0.15) is 5.75 Å². The molecule has 3 aromatic rings. The summed E-state index contributed by atoms with van der Waals surface area (Å²) in [5, 5.41) is 8.90. The number of benzene rings is 2. The van der Waals surface area contributed by atoms with Gasteiger partial charge in [0.15, 0.2) is 5.82 Å². The summed E-state index contributed by atoms with van der Waals surface area (Å²) in [6.45, 7) is 7.16. The van der Waals surface area contributed by atoms with Crippen molar-refractivity contribution in [3.63, 3.8) is 0 Å². The normalized spacial score (nSPS) is 16.9. The summed E-state index contributed by atoms with van der Waals surface area (Å²) in [4.78, 5) is 19.9. The summed E-state index contributed by atoms with van der Waals surface area (Å²) in [5.41, 5.74) is 4.38. The van der Waals surface area contributed by atoms with Crippen LogP contribution in [0.1, 0.15) is 18.4 Å². The smallest absolute Gasteiger partial charge is 0.225 e. The Bertz CT molecular complexity index is 1130. The summed E-state index contributed by atoms with van der Waals surface area (Å²) < 4.78 is 5.22. The van der Waals surface area contributed by atoms with E-state index < -0.39 is 0 Å². The molecule has 7 nitrogen and oxygen atoms in total. The zero-order valence-electron chi connectivity index (χ0n) is 20.6. The zero-order chi connectivity index (χ0) is 24.2. The van der Waals surface area contributed by atoms with Gasteiger partial charge in [0.25, 0.3) is 0 Å². The van der Waals surface area contributed by atoms with Crippen LogP contribution < -0.4 is 14.5 Å². The Morgan fingerprint density at radius 2 is 1.60 bits per heavy atom. The molecule has 2 saturated heterocycles. The van der Waals surface area contributed by atoms with Gasteiger partial charge in [-0.05, 0) is 73.9 Å². The molecular weight excluding hydrogens is 438 g/mol. The summed E-state index contributed by atoms with van der Waals surface area (Å²) in [6.07, 6.45) is 1.72. The molecule has 2 fully saturated rings. The minimum absolute atomic E-state index is 0.100. The number of carbonyl (C=O) groups excluding carboxylic acids is 1. The lowest BCUT2D eigenvalue weighted by Gasteiger charge is -2.39. The Labute approximate surface area is 207 Å². The van der Waals surface area contributed by atoms with Gasteiger partial charge in [-0.1, -0.05) is 12.1 Å². The van der Waals surface area contributed by atoms with Crippen LogP contribution in [0, 0.1) is 12.8 Å². The number of methoxy groups -OCH3 is 1. The summed E-state index contributed by atoms with van der Waals surface area (Å²) in [6, 6.07) is 20.5. The highest BCUT2D eigenvalue weighted by molar-refractivity contribution is 5.79. The number of carbonyl (C=O) groups is 1. The maximum Gasteiger partial charge on any atom is 0.225 e. The number of anilines is 2. The Kier molecular flexibility index (Phi) is 6.84. The van der Waals surface area contributed by atoms with Gasteiger partial charge >= 0.3 is 0 Å². The third-order valence-electron chi connectivity index (χ3n) is 7.16. The maximum absolute atomic E-state index is 13.2. The van der Waals surface area contributed by atoms with Crippen molar-refractivity contribution in [2.24, 2.45) is 5.92 Å². The summed E-state index contributed by atoms with van der Waals surface area (Å²) >= 11 is 0. The molecule has 182 valence electrons. The fraction of sp³-hybridized carbons (Fsp3) is 0.393. The lowest BCUT2D eigenvalue weighted by atomic mass is 9.95. The van der Waals surface area contributed by atoms with Crippen molar-refractivity contribution in [2.45, 2.75) is 19.8 Å². The van der Waals surface area contributed by atoms with E-state index in [1.165, 1.54) is 11.3 Å². The number of ether oxygens (including phenoxy) is 1. The third kappa shape index (κ3) is 5.24. The van der Waals surface area contributed by atoms with E-state index in [9.17, 15) is 4.79 Å². The molecule has 2 aliphatic rings. The number of hydrogen-bond donors (Lipinski definition) is 0. The molecule has 35 heavy (non-hydrogen) atoms. The van der Waals surface area contributed by atoms with Crippen molar-refractivity contribution in [1.29, 1.82) is 0 Å². The zero-order valence-corrected chi connectivity index (χ0v) is 20.6. The molecule has 0 spiro atoms. The van der Waals surface area contributed by atoms with E-state index in [4.69, 9.17) is 4.74 Å². The average molecular weight is 472 g/mol. The van der Waals surface area contributed by atoms with Crippen molar-refractivity contribution < 1.29 is 9.53 Å². The second-order valence-corrected chi connectivity index (χ2v) is 9.42. The molecule has 0 saturated carbocycles. The van der Waals surface area contributed by atoms with Gasteiger partial charge in [0.05, 0.1) is 12.8 Å². The molecule has 0 atom stereocenters. The molecule has 7 heteroatoms. The molecule has 1 amide bonds. The summed E-state index contributed by atoms with van der Waals surface area (Å²) in [5.74, 6) is 2.11. The first-order chi connectivity index (χ1) is 17.1. The van der Waals surface area contributed by atoms with Gasteiger partial charge in [-0.25, -0.2) is 0 Å². The van der Waals surface area contributed by atoms with Gasteiger partial charge in [-0.2, -0.15) is 0 Å². The Hall–Kier alpha value is -3.61. The molecule has 0 unspecified atom stereocenters. The van der Waals surface area contributed by atoms with Crippen LogP contribution in [0.2, 0.25) is 0 Å². The van der Waals surface area contributed by atoms with Crippen LogP contribution in [0.15, 0.2) is 60.7 Å². The fourth-order valence-electron chi connectivity index (χ4n) is 5.03. The first-order valence-corrected chi connectivity index (χ1v) is 12.4. The lowest BCUT2D eigenvalue weighted by molar-refractivity contribution is -0.136. The molecule has 5 rings (SSSR count). The quantitative estimate of drug-likeness (QED) is 0.560. The SMILES string of the molecule is COc1ccc(-c2ccc(N3CCC(C(=O)N4CCN(c5cccc(C)c5)CC4)CC3)nn2)cc1. The topological polar surface area (TPSA) is 61.8 Å². The third-order valence-corrected chi connectivity index (χ3v) is 7.16. The minimum atomic E-state index is 0.100. The molecule has 0 radical (unpaired) electrons. The first kappa shape index (κ1) is 23.1. The van der Waals surface area contributed by atoms with Gasteiger partial charge in [-0.15, -0.1) is 10.2 Å². The predicted molar refractivity (Wildman–Crippen MR) is 139 cm³/mol. The first-order valence-electron chi connectivity index (χ1n) is 12.4. The summed E-state index contributed by atoms with van der Waals surface area (Å²) in [7, 11) is 1.66. The average Bonchev–Trinajstić information content (AvgIpc) is 2.93. The highest BCUT2D eigenvalue weighted by atomic mass is 16.5. The molecule has 2 aromatic carbocycles. The van der Waals surface area contributed by atoms with Crippen molar-refractivity contribution in [1.82, 2.24) is 15.1 Å². The highest BCUT2D eigenvalue weighted by Gasteiger charge is 2.31. The van der Waals surface area contributed by atoms with Gasteiger partial charge in [-0.3, -0.25) is 4.79 Å². The predicted octanol–water partition coefficient (Wildman–Crippen LogP) is 4.03. The molecule has 2 aliphatic heterocycles. The largest absolute Gasteiger partial charge is 0.497 e. The second-order valence-electron chi connectivity index (χ2n) is 9.42. The molecule has 1 aromatic heterocycles. The number of amides is 1. The Balaban J connectivity index is 1.12. The van der Waals surface area contributed by atoms with Crippen LogP contribution in [0.4, 0.5) is 11.5 Å². The van der Waals surface area contributed by atoms with Gasteiger partial charge in [0.2, 0.25) is 5.91 Å². The monoisotopic (exact) mass is 471 g/mol. The number of aryl methyl sites for hydroxylation is 1. The van der Waals surface area contributed by atoms with Crippen molar-refractivity contribution >= 4 is 17.4 Å². The lowest BCUT2D eigenvalue weighted by Crippen LogP contribution is -2.51. The van der Waals surface area contributed by atoms with Gasteiger partial charge in [0, 0.05) is 56.4 Å². The number of piperazine rings is 1. The van der Waals surface area contributed by atoms with Crippen molar-refractivity contribution in [3.05, 3.63) is 66.2 Å². The standard InChI is InChI=1S/C28H33N5O2/c1-21-4-3-5-24(20-21)31-16-18-33(19-17-31)28(34)23-12-14-32(15-13-23)27-11-10-26(29-30-27)22-6-8-25(35-2)9-7-22/h3-11,20,23H,12-19H2,1-2H3. The molecule has 3 heterocycles. The molecule has 0 bridgehead atoms. The number of hydrogen-bond acceptors (Lipinski definition) is 6. The number of nitrogens with zero attached hydrogens (tertiary/aromatic N) is 5. The number of aromatic nitrogens is 2. The van der Waals surface area contributed by atoms with Crippen LogP contribution in [0.25, 0.3) is 11.3 Å². The number of rotatable bonds is 5. The number of piperidine rings is 1. The van der Waals surface area contributed by atoms with E-state index in [2.05, 4.69) is 56.1 Å². The second kappa shape index (κ2) is 10.3. The van der Waals surface area contributed by atoms with E-state index in [0.717, 1.165) is 74.9 Å². The van der Waals surface area contributed by atoms with Crippen LogP contribution in [-0.4, -0.2) is 67.4 Å². The Morgan fingerprint density at radius 3 is 2.23 bits per heavy atom. The molecular formula is C28H33N5O2. The van der Waals surface area contributed by atoms with Crippen LogP contribution in [-0.2, 0) is 4.79 Å². The molecule has 0 aliphatic carbocycles. The van der Waals surface area contributed by atoms with Crippen LogP contribution in [0.5, 0.6) is 5.75 Å². The van der Waals surface area contributed by atoms with Crippen LogP contribution in [0.3, 0.4) is 0 Å². The van der Waals surface area contributed by atoms with Gasteiger partial charge < -0.3 is 19.4 Å².